The average Bonchev–Trinajstić information content (AvgIpc) is 2.99. The van der Waals surface area contributed by atoms with Crippen LogP contribution in [0.4, 0.5) is 13.2 Å². The first-order valence-electron chi connectivity index (χ1n) is 7.88. The monoisotopic (exact) mass is 345 g/mol. The number of aliphatic imine (C=N–C) groups is 1. The van der Waals surface area contributed by atoms with Gasteiger partial charge < -0.3 is 20.1 Å². The number of fused-ring (bicyclic) bond motifs is 1. The van der Waals surface area contributed by atoms with Crippen LogP contribution in [0.3, 0.4) is 0 Å². The van der Waals surface area contributed by atoms with Gasteiger partial charge in [0.05, 0.1) is 0 Å². The molecule has 0 spiro atoms. The minimum atomic E-state index is -4.08. The summed E-state index contributed by atoms with van der Waals surface area (Å²) >= 11 is 0. The summed E-state index contributed by atoms with van der Waals surface area (Å²) in [5.74, 6) is 2.09. The molecule has 1 aromatic rings. The molecule has 0 aromatic heterocycles. The van der Waals surface area contributed by atoms with Crippen LogP contribution in [0.15, 0.2) is 23.2 Å². The molecule has 1 aliphatic heterocycles. The maximum absolute atomic E-state index is 12.0. The van der Waals surface area contributed by atoms with Crippen molar-refractivity contribution in [1.29, 1.82) is 0 Å². The van der Waals surface area contributed by atoms with Crippen molar-refractivity contribution in [3.05, 3.63) is 23.8 Å². The van der Waals surface area contributed by atoms with Crippen LogP contribution in [0, 0.1) is 0 Å². The Labute approximate surface area is 139 Å². The lowest BCUT2D eigenvalue weighted by atomic mass is 10.1. The van der Waals surface area contributed by atoms with Gasteiger partial charge in [-0.05, 0) is 37.0 Å². The third kappa shape index (κ3) is 6.17. The van der Waals surface area contributed by atoms with E-state index >= 15 is 0 Å². The third-order valence-electron chi connectivity index (χ3n) is 3.55. The Morgan fingerprint density at radius 1 is 1.12 bits per heavy atom. The van der Waals surface area contributed by atoms with Gasteiger partial charge in [0.25, 0.3) is 0 Å². The number of alkyl halides is 3. The Morgan fingerprint density at radius 2 is 1.88 bits per heavy atom. The van der Waals surface area contributed by atoms with E-state index in [1.807, 2.05) is 18.2 Å². The summed E-state index contributed by atoms with van der Waals surface area (Å²) < 4.78 is 46.7. The van der Waals surface area contributed by atoms with E-state index in [0.29, 0.717) is 25.5 Å². The molecular weight excluding hydrogens is 323 g/mol. The van der Waals surface area contributed by atoms with Crippen molar-refractivity contribution in [3.8, 4) is 11.5 Å². The summed E-state index contributed by atoms with van der Waals surface area (Å²) in [5.41, 5.74) is 1.10. The number of guanidine groups is 1. The smallest absolute Gasteiger partial charge is 0.389 e. The lowest BCUT2D eigenvalue weighted by molar-refractivity contribution is -0.135. The topological polar surface area (TPSA) is 54.9 Å². The molecule has 1 aromatic carbocycles. The SMILES string of the molecule is CN=C(NCCCCC(F)(F)F)NCCc1ccc2c(c1)OCO2. The van der Waals surface area contributed by atoms with Gasteiger partial charge in [-0.2, -0.15) is 13.2 Å². The van der Waals surface area contributed by atoms with E-state index in [4.69, 9.17) is 9.47 Å². The predicted molar refractivity (Wildman–Crippen MR) is 85.5 cm³/mol. The molecule has 8 heteroatoms. The van der Waals surface area contributed by atoms with Crippen molar-refractivity contribution in [2.75, 3.05) is 26.9 Å². The van der Waals surface area contributed by atoms with Crippen LogP contribution < -0.4 is 20.1 Å². The third-order valence-corrected chi connectivity index (χ3v) is 3.55. The van der Waals surface area contributed by atoms with Gasteiger partial charge in [-0.15, -0.1) is 0 Å². The molecule has 0 saturated carbocycles. The highest BCUT2D eigenvalue weighted by Gasteiger charge is 2.25. The highest BCUT2D eigenvalue weighted by molar-refractivity contribution is 5.79. The van der Waals surface area contributed by atoms with Gasteiger partial charge in [-0.3, -0.25) is 4.99 Å². The van der Waals surface area contributed by atoms with Crippen LogP contribution in [0.1, 0.15) is 24.8 Å². The van der Waals surface area contributed by atoms with Crippen molar-refractivity contribution in [3.63, 3.8) is 0 Å². The molecule has 2 rings (SSSR count). The Balaban J connectivity index is 1.63. The summed E-state index contributed by atoms with van der Waals surface area (Å²) in [4.78, 5) is 4.05. The number of unbranched alkanes of at least 4 members (excludes halogenated alkanes) is 1. The molecule has 0 fully saturated rings. The van der Waals surface area contributed by atoms with E-state index in [1.165, 1.54) is 0 Å². The summed E-state index contributed by atoms with van der Waals surface area (Å²) in [5, 5.41) is 6.15. The summed E-state index contributed by atoms with van der Waals surface area (Å²) in [7, 11) is 1.63. The largest absolute Gasteiger partial charge is 0.454 e. The Hall–Kier alpha value is -2.12. The zero-order valence-electron chi connectivity index (χ0n) is 13.6. The van der Waals surface area contributed by atoms with Gasteiger partial charge in [0.1, 0.15) is 0 Å². The van der Waals surface area contributed by atoms with Gasteiger partial charge in [-0.1, -0.05) is 6.07 Å². The minimum absolute atomic E-state index is 0.116. The van der Waals surface area contributed by atoms with E-state index < -0.39 is 12.6 Å². The molecule has 1 aliphatic rings. The molecule has 5 nitrogen and oxygen atoms in total. The molecule has 0 bridgehead atoms. The highest BCUT2D eigenvalue weighted by Crippen LogP contribution is 2.32. The number of hydrogen-bond donors (Lipinski definition) is 2. The quantitative estimate of drug-likeness (QED) is 0.453. The van der Waals surface area contributed by atoms with E-state index in [0.717, 1.165) is 23.5 Å². The Kier molecular flexibility index (Phi) is 6.57. The fraction of sp³-hybridized carbons (Fsp3) is 0.562. The van der Waals surface area contributed by atoms with Crippen LogP contribution in [0.2, 0.25) is 0 Å². The molecule has 0 atom stereocenters. The summed E-state index contributed by atoms with van der Waals surface area (Å²) in [6.07, 6.45) is -3.49. The van der Waals surface area contributed by atoms with Gasteiger partial charge in [0.15, 0.2) is 17.5 Å². The van der Waals surface area contributed by atoms with Crippen molar-refractivity contribution < 1.29 is 22.6 Å². The molecule has 0 saturated heterocycles. The normalized spacial score (nSPS) is 13.9. The maximum Gasteiger partial charge on any atom is 0.389 e. The molecule has 134 valence electrons. The molecule has 1 heterocycles. The number of halogens is 3. The van der Waals surface area contributed by atoms with E-state index in [1.54, 1.807) is 7.05 Å². The molecular formula is C16H22F3N3O2. The van der Waals surface area contributed by atoms with Gasteiger partial charge in [0.2, 0.25) is 6.79 Å². The van der Waals surface area contributed by atoms with Crippen LogP contribution in [-0.4, -0.2) is 39.1 Å². The van der Waals surface area contributed by atoms with Crippen LogP contribution >= 0.6 is 0 Å². The van der Waals surface area contributed by atoms with Crippen molar-refractivity contribution >= 4 is 5.96 Å². The van der Waals surface area contributed by atoms with Crippen LogP contribution in [-0.2, 0) is 6.42 Å². The lowest BCUT2D eigenvalue weighted by Gasteiger charge is -2.12. The highest BCUT2D eigenvalue weighted by atomic mass is 19.4. The Morgan fingerprint density at radius 3 is 2.62 bits per heavy atom. The molecule has 0 radical (unpaired) electrons. The lowest BCUT2D eigenvalue weighted by Crippen LogP contribution is -2.38. The first-order chi connectivity index (χ1) is 11.5. The molecule has 0 aliphatic carbocycles. The van der Waals surface area contributed by atoms with Crippen molar-refractivity contribution in [1.82, 2.24) is 10.6 Å². The number of benzene rings is 1. The van der Waals surface area contributed by atoms with Crippen molar-refractivity contribution in [2.24, 2.45) is 4.99 Å². The van der Waals surface area contributed by atoms with Crippen LogP contribution in [0.25, 0.3) is 0 Å². The Bertz CT molecular complexity index is 562. The zero-order valence-corrected chi connectivity index (χ0v) is 13.6. The van der Waals surface area contributed by atoms with E-state index in [-0.39, 0.29) is 13.2 Å². The number of rotatable bonds is 7. The van der Waals surface area contributed by atoms with Gasteiger partial charge in [-0.25, -0.2) is 0 Å². The number of nitrogens with zero attached hydrogens (tertiary/aromatic N) is 1. The van der Waals surface area contributed by atoms with Crippen LogP contribution in [0.5, 0.6) is 11.5 Å². The predicted octanol–water partition coefficient (Wildman–Crippen LogP) is 2.86. The van der Waals surface area contributed by atoms with Gasteiger partial charge in [0, 0.05) is 26.6 Å². The maximum atomic E-state index is 12.0. The molecule has 0 unspecified atom stereocenters. The van der Waals surface area contributed by atoms with Gasteiger partial charge >= 0.3 is 6.18 Å². The van der Waals surface area contributed by atoms with Crippen molar-refractivity contribution in [2.45, 2.75) is 31.9 Å². The van der Waals surface area contributed by atoms with E-state index in [9.17, 15) is 13.2 Å². The fourth-order valence-corrected chi connectivity index (χ4v) is 2.30. The second-order valence-electron chi connectivity index (χ2n) is 5.44. The number of nitrogens with one attached hydrogen (secondary N) is 2. The van der Waals surface area contributed by atoms with E-state index in [2.05, 4.69) is 15.6 Å². The first kappa shape index (κ1) is 18.2. The average molecular weight is 345 g/mol. The molecule has 0 amide bonds. The minimum Gasteiger partial charge on any atom is -0.454 e. The molecule has 2 N–H and O–H groups in total. The summed E-state index contributed by atoms with van der Waals surface area (Å²) in [6, 6.07) is 5.80. The first-order valence-corrected chi connectivity index (χ1v) is 7.88. The molecule has 24 heavy (non-hydrogen) atoms. The fourth-order valence-electron chi connectivity index (χ4n) is 2.30. The number of ether oxygens (including phenoxy) is 2. The second kappa shape index (κ2) is 8.65. The standard InChI is InChI=1S/C16H22F3N3O2/c1-20-15(21-8-3-2-7-16(17,18)19)22-9-6-12-4-5-13-14(10-12)24-11-23-13/h4-5,10H,2-3,6-9,11H2,1H3,(H2,20,21,22). The second-order valence-corrected chi connectivity index (χ2v) is 5.44. The number of hydrogen-bond acceptors (Lipinski definition) is 3. The zero-order chi connectivity index (χ0) is 17.4. The summed E-state index contributed by atoms with van der Waals surface area (Å²) in [6.45, 7) is 1.36.